The summed E-state index contributed by atoms with van der Waals surface area (Å²) in [6.07, 6.45) is 8.26. The molecule has 2 nitrogen and oxygen atoms in total. The zero-order chi connectivity index (χ0) is 17.7. The maximum absolute atomic E-state index is 13.0. The maximum atomic E-state index is 13.0. The first-order valence-corrected chi connectivity index (χ1v) is 9.50. The number of carbonyl (C=O) groups excluding carboxylic acids is 2. The number of rotatable bonds is 1. The summed E-state index contributed by atoms with van der Waals surface area (Å²) in [6, 6.07) is 0. The number of ketones is 2. The Morgan fingerprint density at radius 3 is 1.83 bits per heavy atom. The van der Waals surface area contributed by atoms with Crippen molar-refractivity contribution in [3.63, 3.8) is 0 Å². The number of hydrogen-bond donors (Lipinski definition) is 0. The second-order valence-electron chi connectivity index (χ2n) is 10.2. The lowest BCUT2D eigenvalue weighted by atomic mass is 9.69. The first-order chi connectivity index (χ1) is 11.0. The Labute approximate surface area is 145 Å². The molecule has 0 aromatic carbocycles. The Bertz CT molecular complexity index is 720. The van der Waals surface area contributed by atoms with E-state index in [2.05, 4.69) is 41.5 Å². The predicted octanol–water partition coefficient (Wildman–Crippen LogP) is 4.89. The fourth-order valence-corrected chi connectivity index (χ4v) is 6.46. The lowest BCUT2D eigenvalue weighted by Crippen LogP contribution is -2.32. The molecule has 0 aliphatic heterocycles. The largest absolute Gasteiger partial charge is 0.294 e. The summed E-state index contributed by atoms with van der Waals surface area (Å²) in [5, 5.41) is 0. The molecule has 0 saturated heterocycles. The topological polar surface area (TPSA) is 34.1 Å². The first kappa shape index (κ1) is 16.3. The van der Waals surface area contributed by atoms with Crippen molar-refractivity contribution in [2.24, 2.45) is 33.5 Å². The summed E-state index contributed by atoms with van der Waals surface area (Å²) in [5.41, 5.74) is 1.76. The molecular weight excluding hydrogens is 296 g/mol. The van der Waals surface area contributed by atoms with Gasteiger partial charge in [-0.1, -0.05) is 53.7 Å². The molecule has 0 spiro atoms. The van der Waals surface area contributed by atoms with Crippen LogP contribution in [0.4, 0.5) is 0 Å². The van der Waals surface area contributed by atoms with Gasteiger partial charge in [0.05, 0.1) is 0 Å². The van der Waals surface area contributed by atoms with E-state index < -0.39 is 0 Å². The van der Waals surface area contributed by atoms with Crippen LogP contribution in [0.5, 0.6) is 0 Å². The fourth-order valence-electron chi connectivity index (χ4n) is 6.46. The molecule has 2 heteroatoms. The van der Waals surface area contributed by atoms with Crippen LogP contribution >= 0.6 is 0 Å². The van der Waals surface area contributed by atoms with E-state index in [1.807, 2.05) is 12.2 Å². The molecule has 4 aliphatic carbocycles. The van der Waals surface area contributed by atoms with Gasteiger partial charge < -0.3 is 0 Å². The van der Waals surface area contributed by atoms with E-state index in [9.17, 15) is 9.59 Å². The highest BCUT2D eigenvalue weighted by molar-refractivity contribution is 6.06. The van der Waals surface area contributed by atoms with Crippen molar-refractivity contribution in [1.82, 2.24) is 0 Å². The molecule has 4 rings (SSSR count). The molecule has 0 unspecified atom stereocenters. The normalized spacial score (nSPS) is 48.2. The van der Waals surface area contributed by atoms with Gasteiger partial charge >= 0.3 is 0 Å². The highest BCUT2D eigenvalue weighted by Crippen LogP contribution is 2.67. The molecule has 4 saturated carbocycles. The second-order valence-corrected chi connectivity index (χ2v) is 10.2. The van der Waals surface area contributed by atoms with Gasteiger partial charge in [0.2, 0.25) is 0 Å². The van der Waals surface area contributed by atoms with Crippen LogP contribution in [-0.4, -0.2) is 11.6 Å². The standard InChI is InChI=1S/C22H30O2/c1-19(2)14-9-12-22(19,6)18(24)13(14)7-8-16-17(23)15-10-11-21(16,5)20(15,3)4/h7-8,14-15H,9-12H2,1-6H3/b13-7-,16-8-/t14-,15+,21+,22+/m0/s1. The van der Waals surface area contributed by atoms with Crippen LogP contribution in [0, 0.1) is 33.5 Å². The summed E-state index contributed by atoms with van der Waals surface area (Å²) >= 11 is 0. The third-order valence-corrected chi connectivity index (χ3v) is 9.20. The van der Waals surface area contributed by atoms with Crippen LogP contribution in [-0.2, 0) is 9.59 Å². The van der Waals surface area contributed by atoms with Crippen molar-refractivity contribution in [2.45, 2.75) is 67.2 Å². The van der Waals surface area contributed by atoms with Gasteiger partial charge in [0.25, 0.3) is 0 Å². The quantitative estimate of drug-likeness (QED) is 0.643. The van der Waals surface area contributed by atoms with E-state index in [0.717, 1.165) is 36.8 Å². The first-order valence-electron chi connectivity index (χ1n) is 9.50. The molecule has 4 atom stereocenters. The Balaban J connectivity index is 1.76. The van der Waals surface area contributed by atoms with Gasteiger partial charge in [-0.2, -0.15) is 0 Å². The Kier molecular flexibility index (Phi) is 2.93. The molecule has 0 heterocycles. The van der Waals surface area contributed by atoms with E-state index in [0.29, 0.717) is 17.5 Å². The second kappa shape index (κ2) is 4.31. The maximum Gasteiger partial charge on any atom is 0.165 e. The third kappa shape index (κ3) is 1.50. The average molecular weight is 326 g/mol. The molecule has 0 N–H and O–H groups in total. The van der Waals surface area contributed by atoms with Gasteiger partial charge in [-0.3, -0.25) is 9.59 Å². The molecule has 0 aromatic rings. The molecule has 4 bridgehead atoms. The van der Waals surface area contributed by atoms with Crippen molar-refractivity contribution >= 4 is 11.6 Å². The van der Waals surface area contributed by atoms with E-state index in [1.165, 1.54) is 0 Å². The predicted molar refractivity (Wildman–Crippen MR) is 95.4 cm³/mol. The van der Waals surface area contributed by atoms with Gasteiger partial charge in [-0.25, -0.2) is 0 Å². The van der Waals surface area contributed by atoms with E-state index in [4.69, 9.17) is 0 Å². The Morgan fingerprint density at radius 1 is 0.792 bits per heavy atom. The zero-order valence-electron chi connectivity index (χ0n) is 16.0. The van der Waals surface area contributed by atoms with E-state index in [-0.39, 0.29) is 27.6 Å². The summed E-state index contributed by atoms with van der Waals surface area (Å²) in [7, 11) is 0. The smallest absolute Gasteiger partial charge is 0.165 e. The number of Topliss-reactive ketones (excluding diaryl/α,β-unsaturated/α-hetero) is 2. The van der Waals surface area contributed by atoms with Crippen LogP contribution in [0.2, 0.25) is 0 Å². The number of fused-ring (bicyclic) bond motifs is 4. The molecule has 4 aliphatic rings. The van der Waals surface area contributed by atoms with Crippen LogP contribution in [0.25, 0.3) is 0 Å². The molecular formula is C22H30O2. The van der Waals surface area contributed by atoms with Crippen molar-refractivity contribution in [3.05, 3.63) is 23.3 Å². The zero-order valence-corrected chi connectivity index (χ0v) is 16.0. The molecule has 0 amide bonds. The van der Waals surface area contributed by atoms with Crippen molar-refractivity contribution in [2.75, 3.05) is 0 Å². The SMILES string of the molecule is CC1(C)[C@H]2CC[C@]1(C)C(=O)/C2=C\C=C1\C(=O)[C@H]2CC[C@@]1(C)C2(C)C. The van der Waals surface area contributed by atoms with Gasteiger partial charge in [0.1, 0.15) is 0 Å². The van der Waals surface area contributed by atoms with E-state index >= 15 is 0 Å². The minimum Gasteiger partial charge on any atom is -0.294 e. The van der Waals surface area contributed by atoms with Gasteiger partial charge in [-0.05, 0) is 48.0 Å². The van der Waals surface area contributed by atoms with Crippen LogP contribution < -0.4 is 0 Å². The lowest BCUT2D eigenvalue weighted by Gasteiger charge is -2.34. The summed E-state index contributed by atoms with van der Waals surface area (Å²) < 4.78 is 0. The van der Waals surface area contributed by atoms with E-state index in [1.54, 1.807) is 0 Å². The third-order valence-electron chi connectivity index (χ3n) is 9.20. The highest BCUT2D eigenvalue weighted by atomic mass is 16.1. The Hall–Kier alpha value is -1.18. The number of allylic oxidation sites excluding steroid dienone is 4. The molecule has 4 fully saturated rings. The van der Waals surface area contributed by atoms with Gasteiger partial charge in [-0.15, -0.1) is 0 Å². The number of carbonyl (C=O) groups is 2. The van der Waals surface area contributed by atoms with Crippen LogP contribution in [0.15, 0.2) is 23.3 Å². The summed E-state index contributed by atoms with van der Waals surface area (Å²) in [4.78, 5) is 25.8. The monoisotopic (exact) mass is 326 g/mol. The van der Waals surface area contributed by atoms with Crippen molar-refractivity contribution in [1.29, 1.82) is 0 Å². The minimum absolute atomic E-state index is 0.0358. The summed E-state index contributed by atoms with van der Waals surface area (Å²) in [5.74, 6) is 1.16. The number of hydrogen-bond acceptors (Lipinski definition) is 2. The molecule has 24 heavy (non-hydrogen) atoms. The molecule has 0 aromatic heterocycles. The fraction of sp³-hybridized carbons (Fsp3) is 0.727. The highest BCUT2D eigenvalue weighted by Gasteiger charge is 2.65. The van der Waals surface area contributed by atoms with Gasteiger partial charge in [0.15, 0.2) is 11.6 Å². The van der Waals surface area contributed by atoms with Crippen LogP contribution in [0.1, 0.15) is 67.2 Å². The minimum atomic E-state index is -0.218. The van der Waals surface area contributed by atoms with Gasteiger partial charge in [0, 0.05) is 22.3 Å². The lowest BCUT2D eigenvalue weighted by molar-refractivity contribution is -0.125. The van der Waals surface area contributed by atoms with Crippen molar-refractivity contribution in [3.8, 4) is 0 Å². The molecule has 130 valence electrons. The molecule has 0 radical (unpaired) electrons. The Morgan fingerprint density at radius 2 is 1.33 bits per heavy atom. The van der Waals surface area contributed by atoms with Crippen LogP contribution in [0.3, 0.4) is 0 Å². The summed E-state index contributed by atoms with van der Waals surface area (Å²) in [6.45, 7) is 13.3. The van der Waals surface area contributed by atoms with Crippen molar-refractivity contribution < 1.29 is 9.59 Å². The average Bonchev–Trinajstić information content (AvgIpc) is 2.96.